The highest BCUT2D eigenvalue weighted by Gasteiger charge is 2.07. The molecule has 3 rings (SSSR count). The molecule has 0 atom stereocenters. The molecule has 1 aromatic carbocycles. The van der Waals surface area contributed by atoms with Gasteiger partial charge in [-0.1, -0.05) is 6.07 Å². The summed E-state index contributed by atoms with van der Waals surface area (Å²) in [5.41, 5.74) is 3.33. The predicted molar refractivity (Wildman–Crippen MR) is 64.8 cm³/mol. The molecule has 2 heterocycles. The van der Waals surface area contributed by atoms with Crippen LogP contribution >= 0.6 is 0 Å². The molecule has 0 unspecified atom stereocenters. The number of H-pyrrole nitrogens is 1. The third-order valence-electron chi connectivity index (χ3n) is 2.57. The lowest BCUT2D eigenvalue weighted by atomic mass is 10.2. The van der Waals surface area contributed by atoms with Gasteiger partial charge in [0.2, 0.25) is 11.4 Å². The molecule has 3 aromatic rings. The fourth-order valence-electron chi connectivity index (χ4n) is 1.70. The smallest absolute Gasteiger partial charge is 0.247 e. The van der Waals surface area contributed by atoms with Gasteiger partial charge in [0.25, 0.3) is 0 Å². The molecule has 0 aliphatic rings. The first-order valence-corrected chi connectivity index (χ1v) is 5.29. The van der Waals surface area contributed by atoms with Crippen LogP contribution in [0, 0.1) is 6.92 Å². The van der Waals surface area contributed by atoms with Crippen LogP contribution in [0.2, 0.25) is 0 Å². The first-order chi connectivity index (χ1) is 8.22. The fourth-order valence-corrected chi connectivity index (χ4v) is 1.70. The van der Waals surface area contributed by atoms with Crippen molar-refractivity contribution in [2.75, 3.05) is 0 Å². The highest BCUT2D eigenvalue weighted by Crippen LogP contribution is 2.23. The minimum atomic E-state index is -0.138. The number of pyridine rings is 1. The highest BCUT2D eigenvalue weighted by molar-refractivity contribution is 5.76. The number of fused-ring (bicyclic) bond motifs is 1. The maximum absolute atomic E-state index is 11.0. The van der Waals surface area contributed by atoms with E-state index in [1.165, 1.54) is 6.07 Å². The molecule has 2 aromatic heterocycles. The summed E-state index contributed by atoms with van der Waals surface area (Å²) in [5, 5.41) is 0. The maximum atomic E-state index is 11.0. The quantitative estimate of drug-likeness (QED) is 0.693. The molecule has 4 heteroatoms. The second-order valence-electron chi connectivity index (χ2n) is 3.93. The molecule has 84 valence electrons. The van der Waals surface area contributed by atoms with Gasteiger partial charge in [-0.15, -0.1) is 0 Å². The van der Waals surface area contributed by atoms with Crippen molar-refractivity contribution in [1.29, 1.82) is 0 Å². The molecule has 0 aliphatic heterocycles. The van der Waals surface area contributed by atoms with Crippen LogP contribution in [0.1, 0.15) is 5.56 Å². The minimum Gasteiger partial charge on any atom is -0.436 e. The molecule has 0 bridgehead atoms. The van der Waals surface area contributed by atoms with Gasteiger partial charge in [-0.25, -0.2) is 4.98 Å². The zero-order valence-electron chi connectivity index (χ0n) is 9.23. The van der Waals surface area contributed by atoms with Crippen molar-refractivity contribution in [2.45, 2.75) is 6.92 Å². The van der Waals surface area contributed by atoms with Crippen LogP contribution < -0.4 is 5.56 Å². The van der Waals surface area contributed by atoms with E-state index in [0.717, 1.165) is 22.2 Å². The summed E-state index contributed by atoms with van der Waals surface area (Å²) >= 11 is 0. The monoisotopic (exact) mass is 226 g/mol. The van der Waals surface area contributed by atoms with E-state index in [2.05, 4.69) is 9.97 Å². The standard InChI is InChI=1S/C13H10N2O2/c1-8-2-4-11-10(6-8)15-13(17-11)9-3-5-12(16)14-7-9/h2-7H,1H3,(H,14,16). The van der Waals surface area contributed by atoms with Crippen molar-refractivity contribution in [3.63, 3.8) is 0 Å². The zero-order chi connectivity index (χ0) is 11.8. The van der Waals surface area contributed by atoms with E-state index in [-0.39, 0.29) is 5.56 Å². The topological polar surface area (TPSA) is 58.9 Å². The Morgan fingerprint density at radius 2 is 2.12 bits per heavy atom. The molecule has 0 radical (unpaired) electrons. The number of hydrogen-bond acceptors (Lipinski definition) is 3. The van der Waals surface area contributed by atoms with Gasteiger partial charge in [-0.2, -0.15) is 0 Å². The van der Waals surface area contributed by atoms with E-state index in [1.54, 1.807) is 12.3 Å². The third kappa shape index (κ3) is 1.73. The molecule has 0 saturated carbocycles. The molecule has 1 N–H and O–H groups in total. The van der Waals surface area contributed by atoms with E-state index >= 15 is 0 Å². The van der Waals surface area contributed by atoms with Crippen molar-refractivity contribution in [2.24, 2.45) is 0 Å². The largest absolute Gasteiger partial charge is 0.436 e. The normalized spacial score (nSPS) is 10.9. The SMILES string of the molecule is Cc1ccc2oc(-c3ccc(=O)[nH]c3)nc2c1. The molecular formula is C13H10N2O2. The lowest BCUT2D eigenvalue weighted by Crippen LogP contribution is -2.01. The predicted octanol–water partition coefficient (Wildman–Crippen LogP) is 2.49. The Hall–Kier alpha value is -2.36. The fraction of sp³-hybridized carbons (Fsp3) is 0.0769. The molecule has 0 aliphatic carbocycles. The Labute approximate surface area is 96.9 Å². The molecule has 0 spiro atoms. The van der Waals surface area contributed by atoms with E-state index in [9.17, 15) is 4.79 Å². The average Bonchev–Trinajstić information content (AvgIpc) is 2.72. The number of nitrogens with one attached hydrogen (secondary N) is 1. The minimum absolute atomic E-state index is 0.138. The van der Waals surface area contributed by atoms with E-state index < -0.39 is 0 Å². The second kappa shape index (κ2) is 3.59. The number of rotatable bonds is 1. The molecular weight excluding hydrogens is 216 g/mol. The third-order valence-corrected chi connectivity index (χ3v) is 2.57. The Bertz CT molecular complexity index is 720. The lowest BCUT2D eigenvalue weighted by Gasteiger charge is -1.91. The number of benzene rings is 1. The van der Waals surface area contributed by atoms with Crippen LogP contribution in [-0.4, -0.2) is 9.97 Å². The van der Waals surface area contributed by atoms with E-state index in [1.807, 2.05) is 25.1 Å². The van der Waals surface area contributed by atoms with Gasteiger partial charge in [-0.05, 0) is 30.7 Å². The number of hydrogen-bond donors (Lipinski definition) is 1. The highest BCUT2D eigenvalue weighted by atomic mass is 16.3. The van der Waals surface area contributed by atoms with Crippen molar-refractivity contribution in [3.05, 3.63) is 52.4 Å². The molecule has 0 fully saturated rings. The van der Waals surface area contributed by atoms with Crippen LogP contribution in [0.25, 0.3) is 22.6 Å². The molecule has 0 amide bonds. The number of aryl methyl sites for hydroxylation is 1. The Morgan fingerprint density at radius 3 is 2.88 bits per heavy atom. The summed E-state index contributed by atoms with van der Waals surface area (Å²) in [4.78, 5) is 17.9. The summed E-state index contributed by atoms with van der Waals surface area (Å²) < 4.78 is 5.62. The number of aromatic amines is 1. The molecule has 0 saturated heterocycles. The summed E-state index contributed by atoms with van der Waals surface area (Å²) in [6, 6.07) is 8.98. The van der Waals surface area contributed by atoms with Gasteiger partial charge >= 0.3 is 0 Å². The summed E-state index contributed by atoms with van der Waals surface area (Å²) in [7, 11) is 0. The van der Waals surface area contributed by atoms with Gasteiger partial charge in [0.15, 0.2) is 5.58 Å². The van der Waals surface area contributed by atoms with Crippen LogP contribution in [0.3, 0.4) is 0 Å². The zero-order valence-corrected chi connectivity index (χ0v) is 9.23. The van der Waals surface area contributed by atoms with E-state index in [0.29, 0.717) is 5.89 Å². The Balaban J connectivity index is 2.17. The number of nitrogens with zero attached hydrogens (tertiary/aromatic N) is 1. The van der Waals surface area contributed by atoms with Crippen molar-refractivity contribution >= 4 is 11.1 Å². The van der Waals surface area contributed by atoms with Crippen molar-refractivity contribution in [1.82, 2.24) is 9.97 Å². The van der Waals surface area contributed by atoms with Gasteiger partial charge in [0, 0.05) is 12.3 Å². The van der Waals surface area contributed by atoms with Crippen LogP contribution in [-0.2, 0) is 0 Å². The average molecular weight is 226 g/mol. The maximum Gasteiger partial charge on any atom is 0.247 e. The van der Waals surface area contributed by atoms with Crippen LogP contribution in [0.15, 0.2) is 45.7 Å². The second-order valence-corrected chi connectivity index (χ2v) is 3.93. The van der Waals surface area contributed by atoms with Crippen LogP contribution in [0.5, 0.6) is 0 Å². The lowest BCUT2D eigenvalue weighted by molar-refractivity contribution is 0.619. The van der Waals surface area contributed by atoms with Gasteiger partial charge in [0.1, 0.15) is 5.52 Å². The first-order valence-electron chi connectivity index (χ1n) is 5.29. The number of oxazole rings is 1. The molecule has 4 nitrogen and oxygen atoms in total. The summed E-state index contributed by atoms with van der Waals surface area (Å²) in [6.45, 7) is 2.01. The van der Waals surface area contributed by atoms with Crippen molar-refractivity contribution in [3.8, 4) is 11.5 Å². The summed E-state index contributed by atoms with van der Waals surface area (Å²) in [5.74, 6) is 0.516. The van der Waals surface area contributed by atoms with E-state index in [4.69, 9.17) is 4.42 Å². The Morgan fingerprint density at radius 1 is 1.24 bits per heavy atom. The number of aromatic nitrogens is 2. The summed E-state index contributed by atoms with van der Waals surface area (Å²) in [6.07, 6.45) is 1.60. The van der Waals surface area contributed by atoms with Gasteiger partial charge in [0.05, 0.1) is 5.56 Å². The first kappa shape index (κ1) is 9.84. The Kier molecular flexibility index (Phi) is 2.08. The van der Waals surface area contributed by atoms with Crippen molar-refractivity contribution < 1.29 is 4.42 Å². The van der Waals surface area contributed by atoms with Gasteiger partial charge < -0.3 is 9.40 Å². The van der Waals surface area contributed by atoms with Gasteiger partial charge in [-0.3, -0.25) is 4.79 Å². The van der Waals surface area contributed by atoms with Crippen LogP contribution in [0.4, 0.5) is 0 Å². The molecule has 17 heavy (non-hydrogen) atoms.